The zero-order valence-electron chi connectivity index (χ0n) is 14.8. The summed E-state index contributed by atoms with van der Waals surface area (Å²) < 4.78 is 10.3. The van der Waals surface area contributed by atoms with E-state index in [0.717, 1.165) is 11.3 Å². The van der Waals surface area contributed by atoms with E-state index < -0.39 is 5.97 Å². The van der Waals surface area contributed by atoms with Crippen LogP contribution in [0.15, 0.2) is 42.5 Å². The number of carbonyl (C=O) groups excluding carboxylic acids is 1. The maximum atomic E-state index is 11.7. The predicted octanol–water partition coefficient (Wildman–Crippen LogP) is 4.40. The van der Waals surface area contributed by atoms with Gasteiger partial charge in [0.05, 0.1) is 23.8 Å². The molecule has 0 heterocycles. The lowest BCUT2D eigenvalue weighted by Gasteiger charge is -2.13. The number of carbonyl (C=O) groups is 1. The second kappa shape index (κ2) is 9.40. The summed E-state index contributed by atoms with van der Waals surface area (Å²) in [5.74, 6) is 0.335. The second-order valence-corrected chi connectivity index (χ2v) is 6.62. The van der Waals surface area contributed by atoms with Gasteiger partial charge in [0.1, 0.15) is 5.75 Å². The Balaban J connectivity index is 1.92. The van der Waals surface area contributed by atoms with Crippen LogP contribution in [0.5, 0.6) is 5.75 Å². The largest absolute Gasteiger partial charge is 0.491 e. The Labute approximate surface area is 163 Å². The summed E-state index contributed by atoms with van der Waals surface area (Å²) in [5.41, 5.74) is 1.99. The number of hydrogen-bond donors (Lipinski definition) is 2. The van der Waals surface area contributed by atoms with E-state index in [-0.39, 0.29) is 11.7 Å². The first-order valence-corrected chi connectivity index (χ1v) is 8.86. The molecular formula is C19H21ClN2O3S. The number of anilines is 1. The number of halogens is 1. The van der Waals surface area contributed by atoms with Crippen LogP contribution >= 0.6 is 23.8 Å². The van der Waals surface area contributed by atoms with Crippen LogP contribution in [0.3, 0.4) is 0 Å². The fourth-order valence-corrected chi connectivity index (χ4v) is 2.57. The summed E-state index contributed by atoms with van der Waals surface area (Å²) in [4.78, 5) is 11.7. The van der Waals surface area contributed by atoms with Gasteiger partial charge in [0, 0.05) is 12.2 Å². The molecule has 5 nitrogen and oxygen atoms in total. The van der Waals surface area contributed by atoms with Gasteiger partial charge in [-0.3, -0.25) is 0 Å². The zero-order valence-corrected chi connectivity index (χ0v) is 16.4. The Bertz CT molecular complexity index is 779. The highest BCUT2D eigenvalue weighted by Gasteiger charge is 2.11. The molecule has 2 aromatic rings. The lowest BCUT2D eigenvalue weighted by Crippen LogP contribution is -2.28. The van der Waals surface area contributed by atoms with Gasteiger partial charge in [-0.25, -0.2) is 4.79 Å². The number of methoxy groups -OCH3 is 1. The zero-order chi connectivity index (χ0) is 19.1. The first-order chi connectivity index (χ1) is 12.4. The predicted molar refractivity (Wildman–Crippen MR) is 108 cm³/mol. The smallest absolute Gasteiger partial charge is 0.339 e. The molecule has 2 N–H and O–H groups in total. The number of thiocarbonyl (C=S) groups is 1. The van der Waals surface area contributed by atoms with E-state index in [1.54, 1.807) is 18.2 Å². The van der Waals surface area contributed by atoms with Crippen LogP contribution in [0.1, 0.15) is 29.8 Å². The minimum Gasteiger partial charge on any atom is -0.491 e. The van der Waals surface area contributed by atoms with Gasteiger partial charge in [-0.1, -0.05) is 23.7 Å². The Morgan fingerprint density at radius 1 is 1.19 bits per heavy atom. The molecule has 2 aromatic carbocycles. The number of ether oxygens (including phenoxy) is 2. The van der Waals surface area contributed by atoms with Crippen LogP contribution in [-0.4, -0.2) is 24.3 Å². The van der Waals surface area contributed by atoms with Gasteiger partial charge in [-0.2, -0.15) is 0 Å². The normalized spacial score (nSPS) is 10.3. The van der Waals surface area contributed by atoms with Crippen LogP contribution in [0.25, 0.3) is 0 Å². The van der Waals surface area contributed by atoms with Gasteiger partial charge < -0.3 is 20.1 Å². The summed E-state index contributed by atoms with van der Waals surface area (Å²) in [6.45, 7) is 4.54. The summed E-state index contributed by atoms with van der Waals surface area (Å²) >= 11 is 11.3. The summed E-state index contributed by atoms with van der Waals surface area (Å²) in [5, 5.41) is 6.90. The van der Waals surface area contributed by atoms with Crippen LogP contribution in [-0.2, 0) is 11.3 Å². The maximum absolute atomic E-state index is 11.7. The van der Waals surface area contributed by atoms with Gasteiger partial charge in [0.25, 0.3) is 0 Å². The van der Waals surface area contributed by atoms with Crippen molar-refractivity contribution in [2.24, 2.45) is 0 Å². The summed E-state index contributed by atoms with van der Waals surface area (Å²) in [6, 6.07) is 12.8. The highest BCUT2D eigenvalue weighted by molar-refractivity contribution is 7.80. The fourth-order valence-electron chi connectivity index (χ4n) is 2.19. The SMILES string of the molecule is COC(=O)c1cc(NC(=S)NCc2ccc(OC(C)C)cc2)ccc1Cl. The molecule has 7 heteroatoms. The number of esters is 1. The van der Waals surface area contributed by atoms with Gasteiger partial charge in [0.15, 0.2) is 5.11 Å². The van der Waals surface area contributed by atoms with E-state index in [1.807, 2.05) is 38.1 Å². The van der Waals surface area contributed by atoms with Crippen LogP contribution in [0.4, 0.5) is 5.69 Å². The third kappa shape index (κ3) is 5.89. The van der Waals surface area contributed by atoms with Crippen molar-refractivity contribution in [1.82, 2.24) is 5.32 Å². The molecule has 0 saturated carbocycles. The number of hydrogen-bond acceptors (Lipinski definition) is 4. The van der Waals surface area contributed by atoms with Gasteiger partial charge in [-0.05, 0) is 62.0 Å². The lowest BCUT2D eigenvalue weighted by molar-refractivity contribution is 0.0601. The molecule has 0 aliphatic heterocycles. The summed E-state index contributed by atoms with van der Waals surface area (Å²) in [6.07, 6.45) is 0.144. The molecule has 0 fully saturated rings. The maximum Gasteiger partial charge on any atom is 0.339 e. The van der Waals surface area contributed by atoms with E-state index in [4.69, 9.17) is 33.3 Å². The van der Waals surface area contributed by atoms with Crippen molar-refractivity contribution in [1.29, 1.82) is 0 Å². The molecule has 0 spiro atoms. The van der Waals surface area contributed by atoms with Gasteiger partial charge in [-0.15, -0.1) is 0 Å². The molecular weight excluding hydrogens is 372 g/mol. The molecule has 26 heavy (non-hydrogen) atoms. The third-order valence-electron chi connectivity index (χ3n) is 3.38. The molecule has 0 aliphatic carbocycles. The highest BCUT2D eigenvalue weighted by atomic mass is 35.5. The van der Waals surface area contributed by atoms with Crippen molar-refractivity contribution in [3.05, 3.63) is 58.6 Å². The number of rotatable bonds is 6. The molecule has 0 aliphatic rings. The van der Waals surface area contributed by atoms with E-state index >= 15 is 0 Å². The minimum absolute atomic E-state index is 0.144. The average molecular weight is 393 g/mol. The summed E-state index contributed by atoms with van der Waals surface area (Å²) in [7, 11) is 1.31. The van der Waals surface area contributed by atoms with Gasteiger partial charge in [0.2, 0.25) is 0 Å². The van der Waals surface area contributed by atoms with Crippen LogP contribution in [0, 0.1) is 0 Å². The molecule has 0 radical (unpaired) electrons. The molecule has 0 atom stereocenters. The van der Waals surface area contributed by atoms with E-state index in [1.165, 1.54) is 7.11 Å². The van der Waals surface area contributed by atoms with E-state index in [0.29, 0.717) is 22.4 Å². The molecule has 138 valence electrons. The van der Waals surface area contributed by atoms with Gasteiger partial charge >= 0.3 is 5.97 Å². The monoisotopic (exact) mass is 392 g/mol. The fraction of sp³-hybridized carbons (Fsp3) is 0.263. The lowest BCUT2D eigenvalue weighted by atomic mass is 10.2. The van der Waals surface area contributed by atoms with Crippen molar-refractivity contribution >= 4 is 40.6 Å². The highest BCUT2D eigenvalue weighted by Crippen LogP contribution is 2.21. The number of benzene rings is 2. The van der Waals surface area contributed by atoms with Crippen LogP contribution < -0.4 is 15.4 Å². The standard InChI is InChI=1S/C19H21ClN2O3S/c1-12(2)25-15-7-4-13(5-8-15)11-21-19(26)22-14-6-9-17(20)16(10-14)18(23)24-3/h4-10,12H,11H2,1-3H3,(H2,21,22,26). The second-order valence-electron chi connectivity index (χ2n) is 5.80. The Kier molecular flexibility index (Phi) is 7.24. The average Bonchev–Trinajstić information content (AvgIpc) is 2.61. The van der Waals surface area contributed by atoms with Crippen molar-refractivity contribution in [3.63, 3.8) is 0 Å². The topological polar surface area (TPSA) is 59.6 Å². The third-order valence-corrected chi connectivity index (χ3v) is 3.95. The van der Waals surface area contributed by atoms with Crippen molar-refractivity contribution in [2.45, 2.75) is 26.5 Å². The molecule has 2 rings (SSSR count). The van der Waals surface area contributed by atoms with Crippen molar-refractivity contribution in [2.75, 3.05) is 12.4 Å². The number of nitrogens with one attached hydrogen (secondary N) is 2. The Morgan fingerprint density at radius 3 is 2.50 bits per heavy atom. The molecule has 0 amide bonds. The Hall–Kier alpha value is -2.31. The van der Waals surface area contributed by atoms with E-state index in [9.17, 15) is 4.79 Å². The minimum atomic E-state index is -0.499. The van der Waals surface area contributed by atoms with E-state index in [2.05, 4.69) is 10.6 Å². The Morgan fingerprint density at radius 2 is 1.88 bits per heavy atom. The quantitative estimate of drug-likeness (QED) is 0.561. The molecule has 0 aromatic heterocycles. The molecule has 0 bridgehead atoms. The van der Waals surface area contributed by atoms with Crippen molar-refractivity contribution in [3.8, 4) is 5.75 Å². The van der Waals surface area contributed by atoms with Crippen molar-refractivity contribution < 1.29 is 14.3 Å². The first kappa shape index (κ1) is 20.0. The molecule has 0 saturated heterocycles. The molecule has 0 unspecified atom stereocenters. The first-order valence-electron chi connectivity index (χ1n) is 8.07. The van der Waals surface area contributed by atoms with Crippen LogP contribution in [0.2, 0.25) is 5.02 Å².